The average molecular weight is 344 g/mol. The molecule has 6 nitrogen and oxygen atoms in total. The molecule has 0 radical (unpaired) electrons. The molecule has 6 heteroatoms. The van der Waals surface area contributed by atoms with E-state index in [1.165, 1.54) is 11.3 Å². The van der Waals surface area contributed by atoms with Crippen LogP contribution in [-0.2, 0) is 9.59 Å². The van der Waals surface area contributed by atoms with Gasteiger partial charge in [0.1, 0.15) is 0 Å². The molecule has 0 aliphatic carbocycles. The lowest BCUT2D eigenvalue weighted by atomic mass is 9.97. The van der Waals surface area contributed by atoms with Gasteiger partial charge in [0.25, 0.3) is 0 Å². The van der Waals surface area contributed by atoms with Crippen LogP contribution in [0.1, 0.15) is 18.4 Å². The van der Waals surface area contributed by atoms with E-state index in [1.807, 2.05) is 4.90 Å². The number of primary amides is 1. The van der Waals surface area contributed by atoms with E-state index < -0.39 is 0 Å². The summed E-state index contributed by atoms with van der Waals surface area (Å²) >= 11 is 0. The smallest absolute Gasteiger partial charge is 0.236 e. The van der Waals surface area contributed by atoms with Crippen molar-refractivity contribution in [1.29, 1.82) is 0 Å². The highest BCUT2D eigenvalue weighted by Crippen LogP contribution is 2.21. The third kappa shape index (κ3) is 4.31. The van der Waals surface area contributed by atoms with Crippen LogP contribution in [0.5, 0.6) is 0 Å². The van der Waals surface area contributed by atoms with Gasteiger partial charge in [-0.15, -0.1) is 0 Å². The summed E-state index contributed by atoms with van der Waals surface area (Å²) in [5.74, 6) is -0.352. The van der Waals surface area contributed by atoms with Gasteiger partial charge in [-0.25, -0.2) is 0 Å². The number of piperidine rings is 1. The summed E-state index contributed by atoms with van der Waals surface area (Å²) in [6.45, 7) is 7.43. The van der Waals surface area contributed by atoms with Crippen LogP contribution in [0.15, 0.2) is 24.3 Å². The Balaban J connectivity index is 1.49. The molecular formula is C19H28N4O2. The Morgan fingerprint density at radius 1 is 1.12 bits per heavy atom. The molecule has 2 aliphatic rings. The second-order valence-electron chi connectivity index (χ2n) is 7.13. The fourth-order valence-electron chi connectivity index (χ4n) is 3.79. The predicted octanol–water partition coefficient (Wildman–Crippen LogP) is 0.841. The van der Waals surface area contributed by atoms with Crippen molar-refractivity contribution in [3.8, 4) is 0 Å². The zero-order chi connectivity index (χ0) is 17.8. The number of rotatable bonds is 4. The minimum absolute atomic E-state index is 0.121. The number of piperazine rings is 1. The van der Waals surface area contributed by atoms with Crippen LogP contribution in [-0.4, -0.2) is 67.4 Å². The summed E-state index contributed by atoms with van der Waals surface area (Å²) in [5, 5.41) is 0. The Morgan fingerprint density at radius 2 is 1.84 bits per heavy atom. The zero-order valence-electron chi connectivity index (χ0n) is 15.0. The van der Waals surface area contributed by atoms with E-state index in [0.717, 1.165) is 45.6 Å². The molecule has 2 fully saturated rings. The number of amides is 2. The number of likely N-dealkylation sites (tertiary alicyclic amines) is 1. The first-order valence-electron chi connectivity index (χ1n) is 9.14. The average Bonchev–Trinajstić information content (AvgIpc) is 2.63. The Bertz CT molecular complexity index is 626. The molecule has 3 rings (SSSR count). The number of para-hydroxylation sites is 1. The molecule has 25 heavy (non-hydrogen) atoms. The van der Waals surface area contributed by atoms with Crippen molar-refractivity contribution in [2.45, 2.75) is 19.8 Å². The molecule has 0 bridgehead atoms. The summed E-state index contributed by atoms with van der Waals surface area (Å²) in [4.78, 5) is 30.4. The van der Waals surface area contributed by atoms with Crippen molar-refractivity contribution in [3.05, 3.63) is 29.8 Å². The van der Waals surface area contributed by atoms with Crippen LogP contribution in [0.4, 0.5) is 5.69 Å². The number of hydrogen-bond acceptors (Lipinski definition) is 4. The molecule has 2 N–H and O–H groups in total. The second-order valence-corrected chi connectivity index (χ2v) is 7.13. The first-order chi connectivity index (χ1) is 12.0. The number of aryl methyl sites for hydroxylation is 1. The molecule has 1 atom stereocenters. The van der Waals surface area contributed by atoms with E-state index in [0.29, 0.717) is 13.1 Å². The molecular weight excluding hydrogens is 316 g/mol. The quantitative estimate of drug-likeness (QED) is 0.879. The number of carbonyl (C=O) groups excluding carboxylic acids is 2. The number of benzene rings is 1. The summed E-state index contributed by atoms with van der Waals surface area (Å²) in [6, 6.07) is 8.43. The summed E-state index contributed by atoms with van der Waals surface area (Å²) in [6.07, 6.45) is 1.66. The Labute approximate surface area is 149 Å². The SMILES string of the molecule is Cc1ccccc1N1CCN(CC(=O)N2CCC[C@@H](C(N)=O)C2)CC1. The van der Waals surface area contributed by atoms with Crippen LogP contribution < -0.4 is 10.6 Å². The fraction of sp³-hybridized carbons (Fsp3) is 0.579. The molecule has 2 saturated heterocycles. The summed E-state index contributed by atoms with van der Waals surface area (Å²) in [5.41, 5.74) is 7.98. The van der Waals surface area contributed by atoms with Gasteiger partial charge in [-0.3, -0.25) is 14.5 Å². The largest absolute Gasteiger partial charge is 0.369 e. The number of anilines is 1. The number of nitrogens with zero attached hydrogens (tertiary/aromatic N) is 3. The lowest BCUT2D eigenvalue weighted by Crippen LogP contribution is -2.52. The van der Waals surface area contributed by atoms with Gasteiger partial charge in [-0.2, -0.15) is 0 Å². The van der Waals surface area contributed by atoms with Gasteiger partial charge in [0.05, 0.1) is 12.5 Å². The first-order valence-corrected chi connectivity index (χ1v) is 9.14. The van der Waals surface area contributed by atoms with Crippen molar-refractivity contribution in [3.63, 3.8) is 0 Å². The van der Waals surface area contributed by atoms with Gasteiger partial charge < -0.3 is 15.5 Å². The van der Waals surface area contributed by atoms with Gasteiger partial charge in [0, 0.05) is 45.0 Å². The molecule has 136 valence electrons. The van der Waals surface area contributed by atoms with Gasteiger partial charge in [-0.1, -0.05) is 18.2 Å². The van der Waals surface area contributed by atoms with Crippen LogP contribution >= 0.6 is 0 Å². The number of carbonyl (C=O) groups is 2. The summed E-state index contributed by atoms with van der Waals surface area (Å²) < 4.78 is 0. The highest BCUT2D eigenvalue weighted by Gasteiger charge is 2.28. The lowest BCUT2D eigenvalue weighted by Gasteiger charge is -2.38. The van der Waals surface area contributed by atoms with E-state index in [4.69, 9.17) is 5.73 Å². The minimum Gasteiger partial charge on any atom is -0.369 e. The highest BCUT2D eigenvalue weighted by atomic mass is 16.2. The van der Waals surface area contributed by atoms with Crippen LogP contribution in [0.2, 0.25) is 0 Å². The van der Waals surface area contributed by atoms with E-state index in [-0.39, 0.29) is 17.7 Å². The highest BCUT2D eigenvalue weighted by molar-refractivity contribution is 5.81. The van der Waals surface area contributed by atoms with Gasteiger partial charge >= 0.3 is 0 Å². The fourth-order valence-corrected chi connectivity index (χ4v) is 3.79. The van der Waals surface area contributed by atoms with Crippen LogP contribution in [0, 0.1) is 12.8 Å². The second kappa shape index (κ2) is 7.87. The molecule has 2 amide bonds. The van der Waals surface area contributed by atoms with E-state index in [2.05, 4.69) is 41.0 Å². The normalized spacial score (nSPS) is 22.0. The third-order valence-corrected chi connectivity index (χ3v) is 5.36. The van der Waals surface area contributed by atoms with E-state index in [9.17, 15) is 9.59 Å². The monoisotopic (exact) mass is 344 g/mol. The zero-order valence-corrected chi connectivity index (χ0v) is 15.0. The molecule has 1 aromatic carbocycles. The molecule has 2 heterocycles. The minimum atomic E-state index is -0.288. The maximum atomic E-state index is 12.6. The summed E-state index contributed by atoms with van der Waals surface area (Å²) in [7, 11) is 0. The van der Waals surface area contributed by atoms with E-state index >= 15 is 0 Å². The predicted molar refractivity (Wildman–Crippen MR) is 98.3 cm³/mol. The molecule has 0 spiro atoms. The Kier molecular flexibility index (Phi) is 5.58. The Hall–Kier alpha value is -2.08. The van der Waals surface area contributed by atoms with Gasteiger partial charge in [-0.05, 0) is 31.4 Å². The van der Waals surface area contributed by atoms with Crippen molar-refractivity contribution in [2.24, 2.45) is 11.7 Å². The molecule has 1 aromatic rings. The van der Waals surface area contributed by atoms with Crippen molar-refractivity contribution in [2.75, 3.05) is 50.7 Å². The first kappa shape index (κ1) is 17.7. The Morgan fingerprint density at radius 3 is 2.52 bits per heavy atom. The molecule has 0 aromatic heterocycles. The maximum Gasteiger partial charge on any atom is 0.236 e. The molecule has 0 saturated carbocycles. The van der Waals surface area contributed by atoms with E-state index in [1.54, 1.807) is 0 Å². The van der Waals surface area contributed by atoms with Gasteiger partial charge in [0.2, 0.25) is 11.8 Å². The van der Waals surface area contributed by atoms with Crippen LogP contribution in [0.3, 0.4) is 0 Å². The standard InChI is InChI=1S/C19H28N4O2/c1-15-5-2-3-7-17(15)22-11-9-21(10-12-22)14-18(24)23-8-4-6-16(13-23)19(20)25/h2-3,5,7,16H,4,6,8-14H2,1H3,(H2,20,25)/t16-/m1/s1. The molecule has 0 unspecified atom stereocenters. The third-order valence-electron chi connectivity index (χ3n) is 5.36. The van der Waals surface area contributed by atoms with Crippen molar-refractivity contribution < 1.29 is 9.59 Å². The number of nitrogens with two attached hydrogens (primary N) is 1. The van der Waals surface area contributed by atoms with Crippen molar-refractivity contribution >= 4 is 17.5 Å². The maximum absolute atomic E-state index is 12.6. The topological polar surface area (TPSA) is 69.9 Å². The lowest BCUT2D eigenvalue weighted by molar-refractivity contribution is -0.136. The van der Waals surface area contributed by atoms with Gasteiger partial charge in [0.15, 0.2) is 0 Å². The van der Waals surface area contributed by atoms with Crippen molar-refractivity contribution in [1.82, 2.24) is 9.80 Å². The number of hydrogen-bond donors (Lipinski definition) is 1. The van der Waals surface area contributed by atoms with Crippen LogP contribution in [0.25, 0.3) is 0 Å². The molecule has 2 aliphatic heterocycles.